The van der Waals surface area contributed by atoms with E-state index in [2.05, 4.69) is 31.9 Å². The number of anilines is 1. The lowest BCUT2D eigenvalue weighted by Crippen LogP contribution is -2.51. The van der Waals surface area contributed by atoms with Gasteiger partial charge in [-0.25, -0.2) is 13.8 Å². The van der Waals surface area contributed by atoms with E-state index in [1.807, 2.05) is 6.07 Å². The smallest absolute Gasteiger partial charge is 0.270 e. The monoisotopic (exact) mass is 381 g/mol. The van der Waals surface area contributed by atoms with Crippen LogP contribution in [0.2, 0.25) is 0 Å². The number of nitrogens with one attached hydrogen (secondary N) is 1. The molecule has 1 atom stereocenters. The van der Waals surface area contributed by atoms with Crippen LogP contribution in [0.25, 0.3) is 0 Å². The zero-order chi connectivity index (χ0) is 19.2. The highest BCUT2D eigenvalue weighted by Crippen LogP contribution is 2.20. The Balaban J connectivity index is 1.47. The van der Waals surface area contributed by atoms with Crippen molar-refractivity contribution in [1.82, 2.24) is 20.1 Å². The second-order valence-electron chi connectivity index (χ2n) is 7.27. The molecule has 2 fully saturated rings. The molecule has 2 saturated heterocycles. The van der Waals surface area contributed by atoms with Crippen LogP contribution >= 0.6 is 0 Å². The number of alkyl halides is 2. The van der Waals surface area contributed by atoms with Gasteiger partial charge in [0.15, 0.2) is 0 Å². The topological polar surface area (TPSA) is 51.7 Å². The molecule has 1 amide bonds. The molecule has 0 unspecified atom stereocenters. The number of carbonyl (C=O) groups excluding carboxylic acids is 1. The summed E-state index contributed by atoms with van der Waals surface area (Å²) in [4.78, 5) is 23.3. The van der Waals surface area contributed by atoms with Crippen molar-refractivity contribution in [1.29, 1.82) is 0 Å². The fourth-order valence-electron chi connectivity index (χ4n) is 3.94. The Morgan fingerprint density at radius 1 is 1.26 bits per heavy atom. The van der Waals surface area contributed by atoms with Crippen molar-refractivity contribution in [2.24, 2.45) is 0 Å². The number of hydrogen-bond donors (Lipinski definition) is 1. The highest BCUT2D eigenvalue weighted by molar-refractivity contribution is 5.92. The van der Waals surface area contributed by atoms with E-state index in [1.54, 1.807) is 12.3 Å². The predicted molar refractivity (Wildman–Crippen MR) is 101 cm³/mol. The van der Waals surface area contributed by atoms with Crippen molar-refractivity contribution >= 4 is 11.6 Å². The van der Waals surface area contributed by atoms with Crippen molar-refractivity contribution in [2.75, 3.05) is 57.3 Å². The Morgan fingerprint density at radius 3 is 2.67 bits per heavy atom. The van der Waals surface area contributed by atoms with Crippen molar-refractivity contribution in [3.63, 3.8) is 0 Å². The summed E-state index contributed by atoms with van der Waals surface area (Å²) in [5.41, 5.74) is 1.14. The van der Waals surface area contributed by atoms with Gasteiger partial charge in [-0.3, -0.25) is 9.69 Å². The Bertz CT molecular complexity index is 605. The van der Waals surface area contributed by atoms with Crippen LogP contribution < -0.4 is 10.2 Å². The zero-order valence-electron chi connectivity index (χ0n) is 15.9. The van der Waals surface area contributed by atoms with Crippen LogP contribution in [0.15, 0.2) is 18.3 Å². The van der Waals surface area contributed by atoms with Crippen molar-refractivity contribution in [3.8, 4) is 0 Å². The lowest BCUT2D eigenvalue weighted by atomic mass is 10.2. The fraction of sp³-hybridized carbons (Fsp3) is 0.684. The van der Waals surface area contributed by atoms with E-state index >= 15 is 0 Å². The van der Waals surface area contributed by atoms with Crippen LogP contribution in [0.1, 0.15) is 30.3 Å². The molecule has 0 saturated carbocycles. The summed E-state index contributed by atoms with van der Waals surface area (Å²) in [6.45, 7) is 9.08. The van der Waals surface area contributed by atoms with E-state index in [1.165, 1.54) is 32.5 Å². The maximum Gasteiger partial charge on any atom is 0.270 e. The van der Waals surface area contributed by atoms with Gasteiger partial charge in [0.05, 0.1) is 18.4 Å². The molecule has 6 nitrogen and oxygen atoms in total. The van der Waals surface area contributed by atoms with Crippen LogP contribution in [0.5, 0.6) is 0 Å². The minimum Gasteiger partial charge on any atom is -0.368 e. The lowest BCUT2D eigenvalue weighted by Gasteiger charge is -2.39. The maximum absolute atomic E-state index is 12.2. The lowest BCUT2D eigenvalue weighted by molar-refractivity contribution is 0.0887. The van der Waals surface area contributed by atoms with Gasteiger partial charge in [0.2, 0.25) is 0 Å². The molecule has 2 aliphatic rings. The van der Waals surface area contributed by atoms with Gasteiger partial charge in [-0.1, -0.05) is 6.92 Å². The predicted octanol–water partition coefficient (Wildman–Crippen LogP) is 1.68. The third-order valence-corrected chi connectivity index (χ3v) is 5.38. The molecule has 150 valence electrons. The third-order valence-electron chi connectivity index (χ3n) is 5.38. The summed E-state index contributed by atoms with van der Waals surface area (Å²) < 4.78 is 24.3. The Morgan fingerprint density at radius 2 is 2.04 bits per heavy atom. The maximum atomic E-state index is 12.2. The largest absolute Gasteiger partial charge is 0.368 e. The quantitative estimate of drug-likeness (QED) is 0.779. The molecule has 0 aliphatic carbocycles. The Kier molecular flexibility index (Phi) is 6.95. The number of piperazine rings is 1. The van der Waals surface area contributed by atoms with E-state index < -0.39 is 18.9 Å². The summed E-state index contributed by atoms with van der Waals surface area (Å²) >= 11 is 0. The van der Waals surface area contributed by atoms with E-state index in [0.29, 0.717) is 6.04 Å². The van der Waals surface area contributed by atoms with Gasteiger partial charge in [0.1, 0.15) is 5.69 Å². The minimum atomic E-state index is -2.56. The van der Waals surface area contributed by atoms with E-state index in [9.17, 15) is 13.6 Å². The van der Waals surface area contributed by atoms with Crippen LogP contribution in [0, 0.1) is 0 Å². The first-order valence-electron chi connectivity index (χ1n) is 9.80. The first-order chi connectivity index (χ1) is 13.1. The molecule has 3 heterocycles. The van der Waals surface area contributed by atoms with Gasteiger partial charge >= 0.3 is 0 Å². The Labute approximate surface area is 159 Å². The number of rotatable bonds is 7. The number of hydrogen-bond acceptors (Lipinski definition) is 5. The molecule has 0 radical (unpaired) electrons. The van der Waals surface area contributed by atoms with Crippen LogP contribution in [0.3, 0.4) is 0 Å². The number of amides is 1. The molecule has 2 aliphatic heterocycles. The van der Waals surface area contributed by atoms with Gasteiger partial charge in [-0.05, 0) is 38.1 Å². The minimum absolute atomic E-state index is 0.167. The standard InChI is InChI=1S/C19H29F2N5O/c1-2-6-24-7-5-16(14-24)26-10-8-25(9-11-26)15-3-4-17(22-12-15)19(27)23-13-18(20)21/h3-4,12,16,18H,2,5-11,13-14H2,1H3,(H,23,27)/t16-/m1/s1. The van der Waals surface area contributed by atoms with Crippen molar-refractivity contribution < 1.29 is 13.6 Å². The van der Waals surface area contributed by atoms with Gasteiger partial charge in [-0.15, -0.1) is 0 Å². The molecule has 0 bridgehead atoms. The fourth-order valence-corrected chi connectivity index (χ4v) is 3.94. The molecular weight excluding hydrogens is 352 g/mol. The normalized spacial score (nSPS) is 21.8. The number of pyridine rings is 1. The number of likely N-dealkylation sites (tertiary alicyclic amines) is 1. The molecule has 8 heteroatoms. The van der Waals surface area contributed by atoms with Crippen molar-refractivity contribution in [3.05, 3.63) is 24.0 Å². The molecule has 1 aromatic rings. The zero-order valence-corrected chi connectivity index (χ0v) is 15.9. The summed E-state index contributed by atoms with van der Waals surface area (Å²) in [6, 6.07) is 4.11. The number of halogens is 2. The molecule has 27 heavy (non-hydrogen) atoms. The summed E-state index contributed by atoms with van der Waals surface area (Å²) in [7, 11) is 0. The van der Waals surface area contributed by atoms with Crippen molar-refractivity contribution in [2.45, 2.75) is 32.2 Å². The third kappa shape index (κ3) is 5.35. The summed E-state index contributed by atoms with van der Waals surface area (Å²) in [5.74, 6) is -0.565. The average Bonchev–Trinajstić information content (AvgIpc) is 3.15. The molecular formula is C19H29F2N5O. The average molecular weight is 381 g/mol. The SMILES string of the molecule is CCCN1CC[C@@H](N2CCN(c3ccc(C(=O)NCC(F)F)nc3)CC2)C1. The summed E-state index contributed by atoms with van der Waals surface area (Å²) in [5, 5.41) is 2.17. The first-order valence-corrected chi connectivity index (χ1v) is 9.80. The van der Waals surface area contributed by atoms with E-state index in [-0.39, 0.29) is 5.69 Å². The van der Waals surface area contributed by atoms with Gasteiger partial charge in [-0.2, -0.15) is 0 Å². The molecule has 0 aromatic carbocycles. The summed E-state index contributed by atoms with van der Waals surface area (Å²) in [6.07, 6.45) is 1.57. The second-order valence-corrected chi connectivity index (χ2v) is 7.27. The number of nitrogens with zero attached hydrogens (tertiary/aromatic N) is 4. The number of aromatic nitrogens is 1. The highest BCUT2D eigenvalue weighted by Gasteiger charge is 2.29. The van der Waals surface area contributed by atoms with E-state index in [0.717, 1.165) is 31.9 Å². The van der Waals surface area contributed by atoms with Crippen LogP contribution in [-0.2, 0) is 0 Å². The van der Waals surface area contributed by atoms with Gasteiger partial charge in [0, 0.05) is 38.8 Å². The van der Waals surface area contributed by atoms with E-state index in [4.69, 9.17) is 0 Å². The van der Waals surface area contributed by atoms with Gasteiger partial charge < -0.3 is 15.1 Å². The second kappa shape index (κ2) is 9.41. The molecule has 1 aromatic heterocycles. The Hall–Kier alpha value is -1.80. The first kappa shape index (κ1) is 19.9. The molecule has 0 spiro atoms. The van der Waals surface area contributed by atoms with Gasteiger partial charge in [0.25, 0.3) is 12.3 Å². The molecule has 1 N–H and O–H groups in total. The highest BCUT2D eigenvalue weighted by atomic mass is 19.3. The molecule has 3 rings (SSSR count). The van der Waals surface area contributed by atoms with Crippen LogP contribution in [-0.4, -0.2) is 85.5 Å². The van der Waals surface area contributed by atoms with Crippen LogP contribution in [0.4, 0.5) is 14.5 Å². The number of carbonyl (C=O) groups is 1.